The van der Waals surface area contributed by atoms with Gasteiger partial charge in [-0.05, 0) is 31.7 Å². The molecule has 2 amide bonds. The molecular weight excluding hydrogens is 268 g/mol. The van der Waals surface area contributed by atoms with Crippen LogP contribution in [-0.4, -0.2) is 45.6 Å². The number of nitrogens with zero attached hydrogens (tertiary/aromatic N) is 3. The van der Waals surface area contributed by atoms with Gasteiger partial charge < -0.3 is 10.2 Å². The van der Waals surface area contributed by atoms with Gasteiger partial charge in [0.25, 0.3) is 0 Å². The number of carbonyl (C=O) groups is 2. The van der Waals surface area contributed by atoms with E-state index in [-0.39, 0.29) is 17.9 Å². The third kappa shape index (κ3) is 4.06. The van der Waals surface area contributed by atoms with Crippen LogP contribution in [0.3, 0.4) is 0 Å². The summed E-state index contributed by atoms with van der Waals surface area (Å²) in [5.41, 5.74) is 1.10. The average molecular weight is 292 g/mol. The minimum Gasteiger partial charge on any atom is -0.352 e. The largest absolute Gasteiger partial charge is 0.352 e. The maximum absolute atomic E-state index is 12.3. The second-order valence-electron chi connectivity index (χ2n) is 5.52. The van der Waals surface area contributed by atoms with Crippen LogP contribution in [0, 0.1) is 6.92 Å². The molecule has 1 N–H and O–H groups in total. The fourth-order valence-corrected chi connectivity index (χ4v) is 2.71. The van der Waals surface area contributed by atoms with Crippen LogP contribution in [-0.2, 0) is 16.1 Å². The first-order chi connectivity index (χ1) is 10.1. The third-order valence-electron chi connectivity index (χ3n) is 3.83. The molecule has 1 fully saturated rings. The number of nitrogens with one attached hydrogen (secondary N) is 1. The van der Waals surface area contributed by atoms with Crippen LogP contribution in [0.5, 0.6) is 0 Å². The highest BCUT2D eigenvalue weighted by Crippen LogP contribution is 2.18. The molecule has 116 valence electrons. The van der Waals surface area contributed by atoms with Crippen LogP contribution < -0.4 is 5.32 Å². The van der Waals surface area contributed by atoms with Gasteiger partial charge in [-0.1, -0.05) is 6.92 Å². The highest BCUT2D eigenvalue weighted by Gasteiger charge is 2.30. The van der Waals surface area contributed by atoms with Crippen molar-refractivity contribution in [3.05, 3.63) is 18.0 Å². The molecule has 21 heavy (non-hydrogen) atoms. The first-order valence-corrected chi connectivity index (χ1v) is 7.68. The summed E-state index contributed by atoms with van der Waals surface area (Å²) >= 11 is 0. The standard InChI is InChI=1S/C15H24N4O2/c1-3-14(20)19-8-5-4-6-13(19)15(21)16-7-9-18-11-12(2)10-17-18/h10-11,13H,3-9H2,1-2H3,(H,16,21). The predicted molar refractivity (Wildman–Crippen MR) is 79.6 cm³/mol. The molecule has 6 heteroatoms. The highest BCUT2D eigenvalue weighted by molar-refractivity contribution is 5.87. The van der Waals surface area contributed by atoms with Gasteiger partial charge in [-0.3, -0.25) is 14.3 Å². The molecule has 1 aliphatic rings. The number of piperidine rings is 1. The summed E-state index contributed by atoms with van der Waals surface area (Å²) in [4.78, 5) is 25.9. The van der Waals surface area contributed by atoms with E-state index in [9.17, 15) is 9.59 Å². The van der Waals surface area contributed by atoms with E-state index in [4.69, 9.17) is 0 Å². The van der Waals surface area contributed by atoms with E-state index >= 15 is 0 Å². The summed E-state index contributed by atoms with van der Waals surface area (Å²) in [5, 5.41) is 7.11. The van der Waals surface area contributed by atoms with Gasteiger partial charge in [-0.15, -0.1) is 0 Å². The van der Waals surface area contributed by atoms with E-state index in [2.05, 4.69) is 10.4 Å². The van der Waals surface area contributed by atoms with Crippen molar-refractivity contribution < 1.29 is 9.59 Å². The molecular formula is C15H24N4O2. The topological polar surface area (TPSA) is 67.2 Å². The Bertz CT molecular complexity index is 498. The van der Waals surface area contributed by atoms with E-state index < -0.39 is 0 Å². The Balaban J connectivity index is 1.84. The van der Waals surface area contributed by atoms with Gasteiger partial charge in [0.2, 0.25) is 11.8 Å². The quantitative estimate of drug-likeness (QED) is 0.883. The predicted octanol–water partition coefficient (Wildman–Crippen LogP) is 1.10. The number of carbonyl (C=O) groups excluding carboxylic acids is 2. The first-order valence-electron chi connectivity index (χ1n) is 7.68. The van der Waals surface area contributed by atoms with Crippen LogP contribution in [0.2, 0.25) is 0 Å². The number of rotatable bonds is 5. The van der Waals surface area contributed by atoms with Crippen molar-refractivity contribution in [1.29, 1.82) is 0 Å². The molecule has 0 radical (unpaired) electrons. The van der Waals surface area contributed by atoms with E-state index in [1.165, 1.54) is 0 Å². The molecule has 1 aromatic heterocycles. The molecule has 0 saturated carbocycles. The van der Waals surface area contributed by atoms with Gasteiger partial charge in [0.1, 0.15) is 6.04 Å². The van der Waals surface area contributed by atoms with E-state index in [1.807, 2.05) is 24.7 Å². The molecule has 1 aliphatic heterocycles. The number of hydrogen-bond donors (Lipinski definition) is 1. The smallest absolute Gasteiger partial charge is 0.242 e. The fourth-order valence-electron chi connectivity index (χ4n) is 2.71. The van der Waals surface area contributed by atoms with Crippen LogP contribution >= 0.6 is 0 Å². The Morgan fingerprint density at radius 3 is 2.90 bits per heavy atom. The molecule has 2 rings (SSSR count). The average Bonchev–Trinajstić information content (AvgIpc) is 2.91. The van der Waals surface area contributed by atoms with Gasteiger partial charge >= 0.3 is 0 Å². The summed E-state index contributed by atoms with van der Waals surface area (Å²) in [5.74, 6) is 0.0259. The minimum absolute atomic E-state index is 0.0413. The second kappa shape index (κ2) is 7.24. The Labute approximate surface area is 125 Å². The zero-order chi connectivity index (χ0) is 15.2. The molecule has 1 saturated heterocycles. The van der Waals surface area contributed by atoms with E-state index in [0.717, 1.165) is 24.8 Å². The van der Waals surface area contributed by atoms with Crippen molar-refractivity contribution in [2.45, 2.75) is 52.1 Å². The second-order valence-corrected chi connectivity index (χ2v) is 5.52. The lowest BCUT2D eigenvalue weighted by atomic mass is 10.0. The molecule has 1 unspecified atom stereocenters. The van der Waals surface area contributed by atoms with Crippen molar-refractivity contribution in [1.82, 2.24) is 20.0 Å². The molecule has 1 aromatic rings. The Morgan fingerprint density at radius 1 is 1.43 bits per heavy atom. The number of aromatic nitrogens is 2. The Hall–Kier alpha value is -1.85. The van der Waals surface area contributed by atoms with Crippen molar-refractivity contribution in [3.8, 4) is 0 Å². The molecule has 0 aromatic carbocycles. The monoisotopic (exact) mass is 292 g/mol. The minimum atomic E-state index is -0.300. The maximum Gasteiger partial charge on any atom is 0.242 e. The number of hydrogen-bond acceptors (Lipinski definition) is 3. The zero-order valence-electron chi connectivity index (χ0n) is 12.8. The molecule has 6 nitrogen and oxygen atoms in total. The van der Waals surface area contributed by atoms with Crippen LogP contribution in [0.1, 0.15) is 38.2 Å². The summed E-state index contributed by atoms with van der Waals surface area (Å²) < 4.78 is 1.81. The number of amides is 2. The van der Waals surface area contributed by atoms with Gasteiger partial charge in [0.15, 0.2) is 0 Å². The van der Waals surface area contributed by atoms with Gasteiger partial charge in [-0.2, -0.15) is 5.10 Å². The lowest BCUT2D eigenvalue weighted by Gasteiger charge is -2.34. The summed E-state index contributed by atoms with van der Waals surface area (Å²) in [6.07, 6.45) is 6.95. The summed E-state index contributed by atoms with van der Waals surface area (Å²) in [6.45, 7) is 5.70. The lowest BCUT2D eigenvalue weighted by molar-refractivity contribution is -0.142. The molecule has 2 heterocycles. The molecule has 0 spiro atoms. The highest BCUT2D eigenvalue weighted by atomic mass is 16.2. The van der Waals surface area contributed by atoms with Gasteiger partial charge in [-0.25, -0.2) is 0 Å². The SMILES string of the molecule is CCC(=O)N1CCCCC1C(=O)NCCn1cc(C)cn1. The third-order valence-corrected chi connectivity index (χ3v) is 3.83. The van der Waals surface area contributed by atoms with Crippen molar-refractivity contribution >= 4 is 11.8 Å². The lowest BCUT2D eigenvalue weighted by Crippen LogP contribution is -2.52. The van der Waals surface area contributed by atoms with Gasteiger partial charge in [0, 0.05) is 25.7 Å². The zero-order valence-corrected chi connectivity index (χ0v) is 12.8. The van der Waals surface area contributed by atoms with Crippen LogP contribution in [0.4, 0.5) is 0 Å². The normalized spacial score (nSPS) is 18.6. The van der Waals surface area contributed by atoms with E-state index in [0.29, 0.717) is 26.1 Å². The fraction of sp³-hybridized carbons (Fsp3) is 0.667. The number of likely N-dealkylation sites (tertiary alicyclic amines) is 1. The molecule has 0 aliphatic carbocycles. The molecule has 1 atom stereocenters. The van der Waals surface area contributed by atoms with Crippen molar-refractivity contribution in [2.24, 2.45) is 0 Å². The maximum atomic E-state index is 12.3. The van der Waals surface area contributed by atoms with Crippen molar-refractivity contribution in [3.63, 3.8) is 0 Å². The Kier molecular flexibility index (Phi) is 5.36. The first kappa shape index (κ1) is 15.5. The van der Waals surface area contributed by atoms with Crippen LogP contribution in [0.25, 0.3) is 0 Å². The van der Waals surface area contributed by atoms with Crippen molar-refractivity contribution in [2.75, 3.05) is 13.1 Å². The Morgan fingerprint density at radius 2 is 2.24 bits per heavy atom. The van der Waals surface area contributed by atoms with Gasteiger partial charge in [0.05, 0.1) is 12.7 Å². The summed E-state index contributed by atoms with van der Waals surface area (Å²) in [6, 6.07) is -0.300. The summed E-state index contributed by atoms with van der Waals surface area (Å²) in [7, 11) is 0. The number of aryl methyl sites for hydroxylation is 1. The molecule has 0 bridgehead atoms. The van der Waals surface area contributed by atoms with Crippen LogP contribution in [0.15, 0.2) is 12.4 Å². The van der Waals surface area contributed by atoms with E-state index in [1.54, 1.807) is 11.1 Å².